The summed E-state index contributed by atoms with van der Waals surface area (Å²) in [5.74, 6) is 0.148. The number of furan rings is 1. The lowest BCUT2D eigenvalue weighted by molar-refractivity contribution is 0.0733. The minimum absolute atomic E-state index is 0.187. The summed E-state index contributed by atoms with van der Waals surface area (Å²) in [5.41, 5.74) is 2.52. The number of carbonyl (C=O) groups is 1. The molecule has 152 valence electrons. The van der Waals surface area contributed by atoms with Crippen LogP contribution in [0.15, 0.2) is 57.8 Å². The molecule has 0 unspecified atom stereocenters. The van der Waals surface area contributed by atoms with E-state index in [4.69, 9.17) is 4.42 Å². The second kappa shape index (κ2) is 7.65. The first-order valence-corrected chi connectivity index (χ1v) is 11.2. The first kappa shape index (κ1) is 19.7. The van der Waals surface area contributed by atoms with Gasteiger partial charge in [-0.2, -0.15) is 4.31 Å². The summed E-state index contributed by atoms with van der Waals surface area (Å²) in [4.78, 5) is 15.0. The van der Waals surface area contributed by atoms with Gasteiger partial charge in [-0.05, 0) is 38.5 Å². The highest BCUT2D eigenvalue weighted by atomic mass is 32.2. The number of nitrogens with zero attached hydrogens (tertiary/aromatic N) is 2. The molecule has 1 amide bonds. The van der Waals surface area contributed by atoms with Crippen LogP contribution in [0, 0.1) is 13.8 Å². The van der Waals surface area contributed by atoms with Crippen LogP contribution in [0.2, 0.25) is 0 Å². The lowest BCUT2D eigenvalue weighted by Gasteiger charge is -2.21. The Labute approximate surface area is 170 Å². The van der Waals surface area contributed by atoms with Crippen molar-refractivity contribution in [2.24, 2.45) is 0 Å². The van der Waals surface area contributed by atoms with Gasteiger partial charge in [0.1, 0.15) is 5.58 Å². The third-order valence-corrected chi connectivity index (χ3v) is 7.35. The molecule has 0 bridgehead atoms. The molecule has 0 spiro atoms. The topological polar surface area (TPSA) is 70.8 Å². The van der Waals surface area contributed by atoms with Gasteiger partial charge in [0.05, 0.1) is 4.90 Å². The highest BCUT2D eigenvalue weighted by molar-refractivity contribution is 7.89. The summed E-state index contributed by atoms with van der Waals surface area (Å²) in [6.45, 7) is 5.28. The van der Waals surface area contributed by atoms with Gasteiger partial charge < -0.3 is 9.32 Å². The molecule has 1 fully saturated rings. The molecule has 3 aromatic rings. The predicted molar refractivity (Wildman–Crippen MR) is 111 cm³/mol. The van der Waals surface area contributed by atoms with Crippen LogP contribution in [-0.2, 0) is 10.0 Å². The number of hydrogen-bond acceptors (Lipinski definition) is 4. The normalized spacial score (nSPS) is 16.1. The van der Waals surface area contributed by atoms with Crippen molar-refractivity contribution >= 4 is 26.9 Å². The number of amides is 1. The van der Waals surface area contributed by atoms with Crippen molar-refractivity contribution in [2.75, 3.05) is 26.2 Å². The van der Waals surface area contributed by atoms with E-state index in [1.807, 2.05) is 38.1 Å². The van der Waals surface area contributed by atoms with Gasteiger partial charge in [0, 0.05) is 37.1 Å². The van der Waals surface area contributed by atoms with E-state index in [0.717, 1.165) is 16.5 Å². The van der Waals surface area contributed by atoms with Crippen molar-refractivity contribution in [3.8, 4) is 0 Å². The van der Waals surface area contributed by atoms with Crippen LogP contribution in [0.25, 0.3) is 11.0 Å². The molecule has 0 N–H and O–H groups in total. The van der Waals surface area contributed by atoms with E-state index in [-0.39, 0.29) is 17.3 Å². The zero-order valence-electron chi connectivity index (χ0n) is 16.6. The highest BCUT2D eigenvalue weighted by Crippen LogP contribution is 2.26. The van der Waals surface area contributed by atoms with Gasteiger partial charge in [0.25, 0.3) is 5.91 Å². The molecule has 0 radical (unpaired) electrons. The first-order chi connectivity index (χ1) is 13.9. The van der Waals surface area contributed by atoms with Gasteiger partial charge in [-0.3, -0.25) is 4.79 Å². The van der Waals surface area contributed by atoms with Crippen molar-refractivity contribution in [3.05, 3.63) is 65.4 Å². The Kier molecular flexibility index (Phi) is 5.19. The molecule has 7 heteroatoms. The molecule has 0 saturated carbocycles. The fourth-order valence-corrected chi connectivity index (χ4v) is 5.19. The number of sulfonamides is 1. The number of hydrogen-bond donors (Lipinski definition) is 0. The number of rotatable bonds is 3. The van der Waals surface area contributed by atoms with Crippen LogP contribution in [0.1, 0.15) is 28.1 Å². The number of benzene rings is 2. The lowest BCUT2D eigenvalue weighted by Crippen LogP contribution is -2.37. The van der Waals surface area contributed by atoms with Gasteiger partial charge in [-0.25, -0.2) is 8.42 Å². The summed E-state index contributed by atoms with van der Waals surface area (Å²) < 4.78 is 33.2. The maximum Gasteiger partial charge on any atom is 0.289 e. The van der Waals surface area contributed by atoms with E-state index in [2.05, 4.69) is 0 Å². The van der Waals surface area contributed by atoms with Crippen molar-refractivity contribution in [1.82, 2.24) is 9.21 Å². The van der Waals surface area contributed by atoms with Gasteiger partial charge >= 0.3 is 0 Å². The van der Waals surface area contributed by atoms with E-state index in [0.29, 0.717) is 37.4 Å². The Hall–Kier alpha value is -2.64. The third-order valence-electron chi connectivity index (χ3n) is 5.44. The molecule has 6 nitrogen and oxygen atoms in total. The molecular formula is C22H24N2O4S. The van der Waals surface area contributed by atoms with E-state index in [9.17, 15) is 13.2 Å². The molecule has 1 aliphatic rings. The monoisotopic (exact) mass is 412 g/mol. The molecule has 0 aliphatic carbocycles. The highest BCUT2D eigenvalue weighted by Gasteiger charge is 2.30. The average Bonchev–Trinajstić information content (AvgIpc) is 2.89. The van der Waals surface area contributed by atoms with Crippen LogP contribution < -0.4 is 0 Å². The van der Waals surface area contributed by atoms with Crippen LogP contribution in [0.5, 0.6) is 0 Å². The van der Waals surface area contributed by atoms with Crippen LogP contribution in [-0.4, -0.2) is 49.7 Å². The Morgan fingerprint density at radius 2 is 1.66 bits per heavy atom. The number of aryl methyl sites for hydroxylation is 2. The van der Waals surface area contributed by atoms with Crippen molar-refractivity contribution < 1.29 is 17.6 Å². The fourth-order valence-electron chi connectivity index (χ4n) is 3.72. The molecule has 29 heavy (non-hydrogen) atoms. The predicted octanol–water partition coefficient (Wildman–Crippen LogP) is 3.59. The lowest BCUT2D eigenvalue weighted by atomic mass is 10.1. The number of fused-ring (bicyclic) bond motifs is 1. The Morgan fingerprint density at radius 3 is 2.38 bits per heavy atom. The van der Waals surface area contributed by atoms with Gasteiger partial charge in [-0.15, -0.1) is 0 Å². The Morgan fingerprint density at radius 1 is 0.931 bits per heavy atom. The molecule has 1 aliphatic heterocycles. The molecule has 2 aromatic carbocycles. The van der Waals surface area contributed by atoms with E-state index in [1.54, 1.807) is 29.2 Å². The van der Waals surface area contributed by atoms with Crippen LogP contribution in [0.4, 0.5) is 0 Å². The maximum atomic E-state index is 13.1. The smallest absolute Gasteiger partial charge is 0.289 e. The molecule has 0 atom stereocenters. The zero-order chi connectivity index (χ0) is 20.6. The number of para-hydroxylation sites is 1. The standard InChI is InChI=1S/C22H24N2O4S/c1-16-8-10-18(11-9-16)29(26,27)24-13-5-12-23(14-15-24)22(25)21-17(2)19-6-3-4-7-20(19)28-21/h3-4,6-11H,5,12-15H2,1-2H3. The summed E-state index contributed by atoms with van der Waals surface area (Å²) >= 11 is 0. The summed E-state index contributed by atoms with van der Waals surface area (Å²) in [6, 6.07) is 14.4. The fraction of sp³-hybridized carbons (Fsp3) is 0.318. The summed E-state index contributed by atoms with van der Waals surface area (Å²) in [6.07, 6.45) is 0.579. The summed E-state index contributed by atoms with van der Waals surface area (Å²) in [5, 5.41) is 0.925. The van der Waals surface area contributed by atoms with E-state index < -0.39 is 10.0 Å². The number of carbonyl (C=O) groups excluding carboxylic acids is 1. The Bertz CT molecular complexity index is 1150. The second-order valence-corrected chi connectivity index (χ2v) is 9.35. The quantitative estimate of drug-likeness (QED) is 0.659. The van der Waals surface area contributed by atoms with Crippen molar-refractivity contribution in [2.45, 2.75) is 25.2 Å². The van der Waals surface area contributed by atoms with Gasteiger partial charge in [0.15, 0.2) is 5.76 Å². The Balaban J connectivity index is 1.53. The van der Waals surface area contributed by atoms with E-state index >= 15 is 0 Å². The molecule has 1 aromatic heterocycles. The van der Waals surface area contributed by atoms with Crippen LogP contribution >= 0.6 is 0 Å². The molecule has 4 rings (SSSR count). The van der Waals surface area contributed by atoms with Gasteiger partial charge in [-0.1, -0.05) is 35.9 Å². The van der Waals surface area contributed by atoms with E-state index in [1.165, 1.54) is 4.31 Å². The SMILES string of the molecule is Cc1ccc(S(=O)(=O)N2CCCN(C(=O)c3oc4ccccc4c3C)CC2)cc1. The third kappa shape index (κ3) is 3.68. The van der Waals surface area contributed by atoms with Crippen LogP contribution in [0.3, 0.4) is 0 Å². The maximum absolute atomic E-state index is 13.1. The minimum Gasteiger partial charge on any atom is -0.451 e. The second-order valence-electron chi connectivity index (χ2n) is 7.42. The molecule has 1 saturated heterocycles. The molecule has 2 heterocycles. The largest absolute Gasteiger partial charge is 0.451 e. The van der Waals surface area contributed by atoms with Crippen molar-refractivity contribution in [3.63, 3.8) is 0 Å². The zero-order valence-corrected chi connectivity index (χ0v) is 17.4. The first-order valence-electron chi connectivity index (χ1n) is 9.72. The van der Waals surface area contributed by atoms with Gasteiger partial charge in [0.2, 0.25) is 10.0 Å². The minimum atomic E-state index is -3.57. The summed E-state index contributed by atoms with van der Waals surface area (Å²) in [7, 11) is -3.57. The molecular weight excluding hydrogens is 388 g/mol. The average molecular weight is 413 g/mol. The van der Waals surface area contributed by atoms with Crippen molar-refractivity contribution in [1.29, 1.82) is 0 Å².